The topological polar surface area (TPSA) is 62.3 Å². The van der Waals surface area contributed by atoms with Crippen molar-refractivity contribution in [2.24, 2.45) is 0 Å². The minimum absolute atomic E-state index is 0.0855. The molecule has 0 saturated carbocycles. The lowest BCUT2D eigenvalue weighted by Gasteiger charge is -2.35. The molecule has 5 nitrogen and oxygen atoms in total. The van der Waals surface area contributed by atoms with Crippen LogP contribution in [0.1, 0.15) is 45.7 Å². The van der Waals surface area contributed by atoms with E-state index in [1.54, 1.807) is 4.90 Å². The predicted octanol–water partition coefficient (Wildman–Crippen LogP) is 2.76. The van der Waals surface area contributed by atoms with Crippen LogP contribution in [0.25, 0.3) is 0 Å². The summed E-state index contributed by atoms with van der Waals surface area (Å²) in [6.07, 6.45) is 0.521. The smallest absolute Gasteiger partial charge is 0.266 e. The van der Waals surface area contributed by atoms with Gasteiger partial charge in [0.2, 0.25) is 5.91 Å². The zero-order valence-electron chi connectivity index (χ0n) is 14.8. The third-order valence-corrected chi connectivity index (χ3v) is 5.81. The van der Waals surface area contributed by atoms with E-state index in [0.29, 0.717) is 24.4 Å². The lowest BCUT2D eigenvalue weighted by molar-refractivity contribution is -0.127. The zero-order chi connectivity index (χ0) is 18.0. The van der Waals surface area contributed by atoms with Crippen LogP contribution < -0.4 is 5.32 Å². The highest BCUT2D eigenvalue weighted by Crippen LogP contribution is 2.27. The Kier molecular flexibility index (Phi) is 5.18. The van der Waals surface area contributed by atoms with Crippen LogP contribution >= 0.6 is 11.3 Å². The Morgan fingerprint density at radius 1 is 1.36 bits per heavy atom. The van der Waals surface area contributed by atoms with Crippen molar-refractivity contribution in [2.45, 2.75) is 39.2 Å². The molecule has 1 aliphatic rings. The summed E-state index contributed by atoms with van der Waals surface area (Å²) in [7, 11) is 0. The van der Waals surface area contributed by atoms with Gasteiger partial charge in [-0.3, -0.25) is 9.59 Å². The third-order valence-electron chi connectivity index (χ3n) is 4.36. The lowest BCUT2D eigenvalue weighted by atomic mass is 10.0. The molecule has 1 N–H and O–H groups in total. The number of hydrogen-bond donors (Lipinski definition) is 1. The summed E-state index contributed by atoms with van der Waals surface area (Å²) in [5.74, 6) is 0.113. The average molecular weight is 357 g/mol. The second-order valence-corrected chi connectivity index (χ2v) is 7.65. The molecule has 1 aromatic heterocycles. The van der Waals surface area contributed by atoms with Gasteiger partial charge in [-0.25, -0.2) is 4.98 Å². The first-order valence-corrected chi connectivity index (χ1v) is 9.39. The van der Waals surface area contributed by atoms with Gasteiger partial charge < -0.3 is 10.2 Å². The first-order chi connectivity index (χ1) is 12.0. The number of aryl methyl sites for hydroxylation is 1. The Morgan fingerprint density at radius 2 is 2.08 bits per heavy atom. The molecule has 6 heteroatoms. The highest BCUT2D eigenvalue weighted by Gasteiger charge is 2.35. The summed E-state index contributed by atoms with van der Waals surface area (Å²) < 4.78 is 0. The number of aromatic nitrogens is 1. The largest absolute Gasteiger partial charge is 0.353 e. The number of thiazole rings is 1. The molecule has 3 rings (SSSR count). The summed E-state index contributed by atoms with van der Waals surface area (Å²) in [6.45, 7) is 7.02. The number of piperazine rings is 1. The Bertz CT molecular complexity index is 770. The number of carbonyl (C=O) groups is 2. The molecule has 132 valence electrons. The molecule has 1 saturated heterocycles. The number of nitrogens with one attached hydrogen (secondary N) is 1. The second-order valence-electron chi connectivity index (χ2n) is 6.62. The molecule has 1 aromatic carbocycles. The fraction of sp³-hybridized carbons (Fsp3) is 0.421. The number of amides is 2. The van der Waals surface area contributed by atoms with Crippen molar-refractivity contribution in [3.8, 4) is 0 Å². The molecule has 0 radical (unpaired) electrons. The maximum Gasteiger partial charge on any atom is 0.266 e. The minimum Gasteiger partial charge on any atom is -0.353 e. The predicted molar refractivity (Wildman–Crippen MR) is 98.9 cm³/mol. The molecule has 1 fully saturated rings. The van der Waals surface area contributed by atoms with Crippen molar-refractivity contribution >= 4 is 23.2 Å². The van der Waals surface area contributed by atoms with E-state index in [1.165, 1.54) is 11.3 Å². The molecule has 0 aliphatic carbocycles. The van der Waals surface area contributed by atoms with E-state index in [9.17, 15) is 9.59 Å². The molecular formula is C19H23N3O2S. The summed E-state index contributed by atoms with van der Waals surface area (Å²) in [5, 5.41) is 3.84. The van der Waals surface area contributed by atoms with Crippen LogP contribution in [-0.4, -0.2) is 40.8 Å². The number of benzene rings is 1. The van der Waals surface area contributed by atoms with Crippen LogP contribution in [0.15, 0.2) is 30.3 Å². The third kappa shape index (κ3) is 3.74. The van der Waals surface area contributed by atoms with E-state index in [2.05, 4.69) is 24.1 Å². The maximum absolute atomic E-state index is 13.1. The average Bonchev–Trinajstić information content (AvgIpc) is 2.99. The SMILES string of the molecule is Cc1nc(C(C)C)sc1C(=O)N1CCNC(=O)C1Cc1ccccc1. The van der Waals surface area contributed by atoms with E-state index in [1.807, 2.05) is 37.3 Å². The van der Waals surface area contributed by atoms with Crippen molar-refractivity contribution in [3.63, 3.8) is 0 Å². The molecule has 1 unspecified atom stereocenters. The number of carbonyl (C=O) groups excluding carboxylic acids is 2. The Balaban J connectivity index is 1.87. The lowest BCUT2D eigenvalue weighted by Crippen LogP contribution is -2.58. The standard InChI is InChI=1S/C19H23N3O2S/c1-12(2)18-21-13(3)16(25-18)19(24)22-10-9-20-17(23)15(22)11-14-7-5-4-6-8-14/h4-8,12,15H,9-11H2,1-3H3,(H,20,23). The number of nitrogens with zero attached hydrogens (tertiary/aromatic N) is 2. The van der Waals surface area contributed by atoms with Crippen LogP contribution in [0.5, 0.6) is 0 Å². The first kappa shape index (κ1) is 17.6. The molecule has 2 heterocycles. The molecule has 1 atom stereocenters. The van der Waals surface area contributed by atoms with Gasteiger partial charge in [0.25, 0.3) is 5.91 Å². The molecule has 0 bridgehead atoms. The summed E-state index contributed by atoms with van der Waals surface area (Å²) >= 11 is 1.44. The Hall–Kier alpha value is -2.21. The number of hydrogen-bond acceptors (Lipinski definition) is 4. The van der Waals surface area contributed by atoms with Gasteiger partial charge in [0.05, 0.1) is 10.7 Å². The van der Waals surface area contributed by atoms with Gasteiger partial charge in [-0.2, -0.15) is 0 Å². The monoisotopic (exact) mass is 357 g/mol. The van der Waals surface area contributed by atoms with Gasteiger partial charge in [-0.05, 0) is 12.5 Å². The second kappa shape index (κ2) is 7.35. The molecule has 2 aromatic rings. The summed E-state index contributed by atoms with van der Waals surface area (Å²) in [4.78, 5) is 32.4. The Labute approximate surface area is 152 Å². The van der Waals surface area contributed by atoms with Crippen molar-refractivity contribution < 1.29 is 9.59 Å². The van der Waals surface area contributed by atoms with Gasteiger partial charge in [0.15, 0.2) is 0 Å². The molecule has 1 aliphatic heterocycles. The van der Waals surface area contributed by atoms with E-state index >= 15 is 0 Å². The maximum atomic E-state index is 13.1. The van der Waals surface area contributed by atoms with Crippen LogP contribution in [0.2, 0.25) is 0 Å². The van der Waals surface area contributed by atoms with Crippen LogP contribution in [-0.2, 0) is 11.2 Å². The minimum atomic E-state index is -0.479. The van der Waals surface area contributed by atoms with Crippen LogP contribution in [0.4, 0.5) is 0 Å². The van der Waals surface area contributed by atoms with Gasteiger partial charge in [-0.15, -0.1) is 11.3 Å². The quantitative estimate of drug-likeness (QED) is 0.915. The fourth-order valence-electron chi connectivity index (χ4n) is 2.99. The Morgan fingerprint density at radius 3 is 2.72 bits per heavy atom. The van der Waals surface area contributed by atoms with E-state index in [0.717, 1.165) is 16.3 Å². The highest BCUT2D eigenvalue weighted by molar-refractivity contribution is 7.13. The van der Waals surface area contributed by atoms with E-state index in [4.69, 9.17) is 0 Å². The molecule has 2 amide bonds. The summed E-state index contributed by atoms with van der Waals surface area (Å²) in [6, 6.07) is 9.34. The van der Waals surface area contributed by atoms with Crippen LogP contribution in [0, 0.1) is 6.92 Å². The van der Waals surface area contributed by atoms with Crippen molar-refractivity contribution in [3.05, 3.63) is 51.5 Å². The van der Waals surface area contributed by atoms with Crippen LogP contribution in [0.3, 0.4) is 0 Å². The van der Waals surface area contributed by atoms with E-state index < -0.39 is 6.04 Å². The molecular weight excluding hydrogens is 334 g/mol. The zero-order valence-corrected chi connectivity index (χ0v) is 15.6. The number of rotatable bonds is 4. The summed E-state index contributed by atoms with van der Waals surface area (Å²) in [5.41, 5.74) is 1.80. The highest BCUT2D eigenvalue weighted by atomic mass is 32.1. The molecule has 25 heavy (non-hydrogen) atoms. The fourth-order valence-corrected chi connectivity index (χ4v) is 4.02. The van der Waals surface area contributed by atoms with Gasteiger partial charge in [-0.1, -0.05) is 44.2 Å². The molecule has 0 spiro atoms. The van der Waals surface area contributed by atoms with Crippen molar-refractivity contribution in [2.75, 3.05) is 13.1 Å². The normalized spacial score (nSPS) is 17.7. The van der Waals surface area contributed by atoms with Gasteiger partial charge in [0.1, 0.15) is 10.9 Å². The van der Waals surface area contributed by atoms with Crippen molar-refractivity contribution in [1.29, 1.82) is 0 Å². The van der Waals surface area contributed by atoms with Crippen molar-refractivity contribution in [1.82, 2.24) is 15.2 Å². The van der Waals surface area contributed by atoms with Gasteiger partial charge >= 0.3 is 0 Å². The van der Waals surface area contributed by atoms with Gasteiger partial charge in [0, 0.05) is 25.4 Å². The van der Waals surface area contributed by atoms with E-state index in [-0.39, 0.29) is 17.7 Å². The first-order valence-electron chi connectivity index (χ1n) is 8.57.